The Bertz CT molecular complexity index is 1790. The van der Waals surface area contributed by atoms with E-state index in [1.807, 2.05) is 59.5 Å². The van der Waals surface area contributed by atoms with Crippen LogP contribution in [0.2, 0.25) is 0 Å². The summed E-state index contributed by atoms with van der Waals surface area (Å²) in [5, 5.41) is 13.2. The second-order valence-electron chi connectivity index (χ2n) is 14.5. The molecule has 51 heavy (non-hydrogen) atoms. The lowest BCUT2D eigenvalue weighted by Crippen LogP contribution is -2.62. The van der Waals surface area contributed by atoms with Gasteiger partial charge < -0.3 is 25.0 Å². The van der Waals surface area contributed by atoms with Gasteiger partial charge in [0.25, 0.3) is 5.91 Å². The number of nitrogens with one attached hydrogen (secondary N) is 1. The number of nitrogens with zero attached hydrogens (tertiary/aromatic N) is 2. The van der Waals surface area contributed by atoms with Crippen LogP contribution in [0.5, 0.6) is 5.75 Å². The summed E-state index contributed by atoms with van der Waals surface area (Å²) >= 11 is 0. The van der Waals surface area contributed by atoms with Crippen LogP contribution in [0, 0.1) is 22.9 Å². The third-order valence-electron chi connectivity index (χ3n) is 10.1. The van der Waals surface area contributed by atoms with Crippen molar-refractivity contribution in [2.24, 2.45) is 5.41 Å². The minimum atomic E-state index is -1.34. The van der Waals surface area contributed by atoms with Crippen LogP contribution in [0.25, 0.3) is 5.57 Å². The van der Waals surface area contributed by atoms with Crippen LogP contribution in [-0.4, -0.2) is 70.5 Å². The van der Waals surface area contributed by atoms with Crippen LogP contribution in [0.4, 0.5) is 13.2 Å². The molecule has 3 aromatic rings. The zero-order valence-corrected chi connectivity index (χ0v) is 29.0. The molecule has 2 bridgehead atoms. The molecule has 1 aliphatic carbocycles. The van der Waals surface area contributed by atoms with Gasteiger partial charge in [0.15, 0.2) is 17.4 Å². The van der Waals surface area contributed by atoms with Crippen molar-refractivity contribution < 1.29 is 37.4 Å². The van der Waals surface area contributed by atoms with Crippen molar-refractivity contribution in [1.82, 2.24) is 15.1 Å². The zero-order chi connectivity index (χ0) is 36.3. The van der Waals surface area contributed by atoms with E-state index >= 15 is 0 Å². The first-order valence-corrected chi connectivity index (χ1v) is 17.6. The first-order chi connectivity index (χ1) is 24.4. The summed E-state index contributed by atoms with van der Waals surface area (Å²) < 4.78 is 46.7. The third kappa shape index (κ3) is 8.47. The number of fused-ring (bicyclic) bond motifs is 2. The average molecular weight is 704 g/mol. The second-order valence-corrected chi connectivity index (χ2v) is 14.5. The molecule has 270 valence electrons. The molecule has 2 aliphatic heterocycles. The minimum absolute atomic E-state index is 0.000678. The molecule has 2 N–H and O–H groups in total. The normalized spacial score (nSPS) is 18.8. The van der Waals surface area contributed by atoms with Crippen LogP contribution >= 0.6 is 0 Å². The van der Waals surface area contributed by atoms with Gasteiger partial charge in [0.2, 0.25) is 11.7 Å². The van der Waals surface area contributed by atoms with Crippen LogP contribution in [0.15, 0.2) is 72.3 Å². The fraction of sp³-hybridized carbons (Fsp3) is 0.425. The number of rotatable bonds is 14. The molecular weight excluding hydrogens is 659 g/mol. The molecule has 2 atom stereocenters. The predicted octanol–water partition coefficient (Wildman–Crippen LogP) is 6.52. The molecule has 3 aliphatic rings. The van der Waals surface area contributed by atoms with Gasteiger partial charge >= 0.3 is 5.97 Å². The number of carboxylic acids is 1. The molecule has 2 amide bonds. The van der Waals surface area contributed by atoms with Crippen LogP contribution in [0.1, 0.15) is 69.1 Å². The Balaban J connectivity index is 1.22. The van der Waals surface area contributed by atoms with Crippen molar-refractivity contribution in [2.45, 2.75) is 83.5 Å². The Morgan fingerprint density at radius 1 is 0.941 bits per heavy atom. The van der Waals surface area contributed by atoms with Gasteiger partial charge in [0, 0.05) is 43.7 Å². The molecular formula is C40H44F3N3O5. The van der Waals surface area contributed by atoms with E-state index in [0.717, 1.165) is 47.2 Å². The van der Waals surface area contributed by atoms with E-state index in [1.54, 1.807) is 18.7 Å². The predicted molar refractivity (Wildman–Crippen MR) is 186 cm³/mol. The number of carboxylic acid groups (broad SMARTS) is 1. The fourth-order valence-electron chi connectivity index (χ4n) is 6.91. The molecule has 8 nitrogen and oxygen atoms in total. The number of amides is 2. The van der Waals surface area contributed by atoms with Crippen LogP contribution in [0.3, 0.4) is 0 Å². The van der Waals surface area contributed by atoms with Gasteiger partial charge in [-0.3, -0.25) is 14.4 Å². The van der Waals surface area contributed by atoms with Crippen molar-refractivity contribution in [3.8, 4) is 5.75 Å². The summed E-state index contributed by atoms with van der Waals surface area (Å²) in [7, 11) is 0. The second kappa shape index (κ2) is 15.3. The quantitative estimate of drug-likeness (QED) is 0.147. The third-order valence-corrected chi connectivity index (χ3v) is 10.1. The van der Waals surface area contributed by atoms with Gasteiger partial charge in [-0.2, -0.15) is 4.39 Å². The summed E-state index contributed by atoms with van der Waals surface area (Å²) in [5.41, 5.74) is 3.49. The van der Waals surface area contributed by atoms with Crippen molar-refractivity contribution in [3.05, 3.63) is 106 Å². The highest BCUT2D eigenvalue weighted by atomic mass is 19.2. The monoisotopic (exact) mass is 703 g/mol. The Labute approximate surface area is 296 Å². The lowest BCUT2D eigenvalue weighted by molar-refractivity contribution is -0.148. The molecule has 1 saturated carbocycles. The standard InChI is InChI=1S/C40H44F3N3O5/c1-40(2,39(49)50)19-18-34(47)45-23-28-21-30(27-12-10-25(11-13-27)9-6-20-51-37-32(42)17-16-31(41)36(37)43)35(33(24-45)44-28)38(48)46(29-14-15-29)22-26-7-4-3-5-8-26/h3-5,7-8,10-13,16-17,28-29,33,44H,6,9,14-15,18-24H2,1-2H3,(H,49,50)/t28-,33-/m1/s1. The molecule has 0 unspecified atom stereocenters. The molecule has 2 heterocycles. The van der Waals surface area contributed by atoms with E-state index in [9.17, 15) is 32.7 Å². The van der Waals surface area contributed by atoms with Gasteiger partial charge in [-0.05, 0) is 86.8 Å². The Kier molecular flexibility index (Phi) is 10.9. The van der Waals surface area contributed by atoms with Crippen LogP contribution < -0.4 is 10.1 Å². The van der Waals surface area contributed by atoms with E-state index in [4.69, 9.17) is 4.74 Å². The first kappa shape index (κ1) is 36.2. The number of benzene rings is 3. The molecule has 0 spiro atoms. The summed E-state index contributed by atoms with van der Waals surface area (Å²) in [6.45, 7) is 4.48. The molecule has 1 saturated heterocycles. The number of piperazine rings is 1. The summed E-state index contributed by atoms with van der Waals surface area (Å²) in [6, 6.07) is 19.0. The van der Waals surface area contributed by atoms with Crippen molar-refractivity contribution in [3.63, 3.8) is 0 Å². The van der Waals surface area contributed by atoms with Gasteiger partial charge in [-0.25, -0.2) is 8.78 Å². The number of hydrogen-bond acceptors (Lipinski definition) is 5. The summed E-state index contributed by atoms with van der Waals surface area (Å²) in [5.74, 6) is -5.30. The molecule has 11 heteroatoms. The highest BCUT2D eigenvalue weighted by Gasteiger charge is 2.43. The maximum atomic E-state index is 14.7. The van der Waals surface area contributed by atoms with Crippen molar-refractivity contribution in [2.75, 3.05) is 19.7 Å². The number of carbonyl (C=O) groups is 3. The van der Waals surface area contributed by atoms with Gasteiger partial charge in [-0.15, -0.1) is 0 Å². The van der Waals surface area contributed by atoms with E-state index in [0.29, 0.717) is 44.5 Å². The maximum absolute atomic E-state index is 14.7. The SMILES string of the molecule is CC(C)(CCC(=O)N1C[C@H]2CC(c3ccc(CCCOc4c(F)ccc(F)c4F)cc3)=C(C(=O)N(Cc3ccccc3)C3CC3)[C@@H](C1)N2)C(=O)O. The lowest BCUT2D eigenvalue weighted by atomic mass is 9.82. The average Bonchev–Trinajstić information content (AvgIpc) is 3.96. The molecule has 0 aromatic heterocycles. The van der Waals surface area contributed by atoms with Gasteiger partial charge in [0.1, 0.15) is 0 Å². The largest absolute Gasteiger partial charge is 0.488 e. The smallest absolute Gasteiger partial charge is 0.309 e. The first-order valence-electron chi connectivity index (χ1n) is 17.6. The Morgan fingerprint density at radius 2 is 1.65 bits per heavy atom. The number of hydrogen-bond donors (Lipinski definition) is 2. The molecule has 3 aromatic carbocycles. The topological polar surface area (TPSA) is 99.2 Å². The summed E-state index contributed by atoms with van der Waals surface area (Å²) in [4.78, 5) is 43.5. The van der Waals surface area contributed by atoms with Crippen LogP contribution in [-0.2, 0) is 27.3 Å². The van der Waals surface area contributed by atoms with E-state index in [1.165, 1.54) is 0 Å². The molecule has 2 fully saturated rings. The highest BCUT2D eigenvalue weighted by Crippen LogP contribution is 2.38. The van der Waals surface area contributed by atoms with E-state index in [2.05, 4.69) is 5.32 Å². The fourth-order valence-corrected chi connectivity index (χ4v) is 6.91. The lowest BCUT2D eigenvalue weighted by Gasteiger charge is -2.45. The number of halogens is 3. The van der Waals surface area contributed by atoms with Gasteiger partial charge in [-0.1, -0.05) is 54.6 Å². The van der Waals surface area contributed by atoms with Crippen molar-refractivity contribution >= 4 is 23.4 Å². The van der Waals surface area contributed by atoms with E-state index in [-0.39, 0.29) is 43.3 Å². The highest BCUT2D eigenvalue weighted by molar-refractivity contribution is 6.03. The van der Waals surface area contributed by atoms with Crippen molar-refractivity contribution in [1.29, 1.82) is 0 Å². The molecule has 0 radical (unpaired) electrons. The Morgan fingerprint density at radius 3 is 2.33 bits per heavy atom. The number of carbonyl (C=O) groups excluding carboxylic acids is 2. The summed E-state index contributed by atoms with van der Waals surface area (Å²) in [6.07, 6.45) is 3.73. The molecule has 6 rings (SSSR count). The maximum Gasteiger partial charge on any atom is 0.309 e. The number of aliphatic carboxylic acids is 1. The van der Waals surface area contributed by atoms with E-state index < -0.39 is 40.6 Å². The zero-order valence-electron chi connectivity index (χ0n) is 29.0. The van der Waals surface area contributed by atoms with Gasteiger partial charge in [0.05, 0.1) is 18.1 Å². The number of ether oxygens (including phenoxy) is 1. The minimum Gasteiger partial charge on any atom is -0.488 e. The number of aryl methyl sites for hydroxylation is 1. The Hall–Kier alpha value is -4.64.